The Bertz CT molecular complexity index is 483. The summed E-state index contributed by atoms with van der Waals surface area (Å²) in [5.74, 6) is 0. The van der Waals surface area contributed by atoms with Crippen molar-refractivity contribution in [1.82, 2.24) is 4.98 Å². The van der Waals surface area contributed by atoms with E-state index in [9.17, 15) is 4.79 Å². The zero-order valence-corrected chi connectivity index (χ0v) is 9.47. The number of pyridine rings is 1. The lowest BCUT2D eigenvalue weighted by Crippen LogP contribution is -1.97. The van der Waals surface area contributed by atoms with Gasteiger partial charge >= 0.3 is 0 Å². The van der Waals surface area contributed by atoms with E-state index in [4.69, 9.17) is 0 Å². The van der Waals surface area contributed by atoms with Crippen LogP contribution in [0, 0.1) is 0 Å². The van der Waals surface area contributed by atoms with E-state index in [0.29, 0.717) is 6.41 Å². The first-order valence-corrected chi connectivity index (χ1v) is 5.57. The fourth-order valence-corrected chi connectivity index (χ4v) is 1.70. The maximum atomic E-state index is 10.3. The zero-order chi connectivity index (χ0) is 11.9. The first-order chi connectivity index (χ1) is 8.38. The molecular weight excluding hydrogens is 212 g/mol. The van der Waals surface area contributed by atoms with Crippen LogP contribution >= 0.6 is 0 Å². The highest BCUT2D eigenvalue weighted by molar-refractivity contribution is 5.71. The van der Waals surface area contributed by atoms with Gasteiger partial charge in [0.1, 0.15) is 0 Å². The van der Waals surface area contributed by atoms with Gasteiger partial charge in [-0.1, -0.05) is 18.2 Å². The maximum Gasteiger partial charge on any atom is 0.211 e. The Morgan fingerprint density at radius 3 is 2.82 bits per heavy atom. The molecule has 1 aromatic carbocycles. The number of amides is 1. The zero-order valence-electron chi connectivity index (χ0n) is 9.47. The molecule has 1 aromatic heterocycles. The second-order valence-corrected chi connectivity index (χ2v) is 3.78. The van der Waals surface area contributed by atoms with E-state index in [0.717, 1.165) is 24.2 Å². The van der Waals surface area contributed by atoms with Crippen molar-refractivity contribution < 1.29 is 4.79 Å². The average Bonchev–Trinajstić information content (AvgIpc) is 2.39. The van der Waals surface area contributed by atoms with Crippen molar-refractivity contribution in [1.29, 1.82) is 0 Å². The van der Waals surface area contributed by atoms with Gasteiger partial charge in [0.2, 0.25) is 6.41 Å². The average molecular weight is 226 g/mol. The normalized spacial score (nSPS) is 9.88. The van der Waals surface area contributed by atoms with Gasteiger partial charge in [0.05, 0.1) is 0 Å². The summed E-state index contributed by atoms with van der Waals surface area (Å²) in [5, 5.41) is 2.65. The molecule has 2 aromatic rings. The van der Waals surface area contributed by atoms with Crippen molar-refractivity contribution in [3.63, 3.8) is 0 Å². The van der Waals surface area contributed by atoms with Gasteiger partial charge in [-0.05, 0) is 42.7 Å². The molecule has 0 aliphatic carbocycles. The number of aromatic nitrogens is 1. The number of hydrogen-bond donors (Lipinski definition) is 1. The van der Waals surface area contributed by atoms with Crippen LogP contribution in [0.1, 0.15) is 11.3 Å². The fraction of sp³-hybridized carbons (Fsp3) is 0.143. The highest BCUT2D eigenvalue weighted by Gasteiger charge is 1.97. The number of aryl methyl sites for hydroxylation is 2. The van der Waals surface area contributed by atoms with Crippen LogP contribution in [0.3, 0.4) is 0 Å². The molecule has 0 aliphatic rings. The molecule has 0 saturated carbocycles. The Morgan fingerprint density at radius 2 is 2.06 bits per heavy atom. The number of nitrogens with zero attached hydrogens (tertiary/aromatic N) is 1. The molecule has 3 heteroatoms. The summed E-state index contributed by atoms with van der Waals surface area (Å²) in [4.78, 5) is 14.6. The van der Waals surface area contributed by atoms with E-state index >= 15 is 0 Å². The second kappa shape index (κ2) is 5.80. The number of carbonyl (C=O) groups is 1. The number of benzene rings is 1. The molecule has 0 atom stereocenters. The molecule has 1 heterocycles. The standard InChI is InChI=1S/C14H14N2O/c17-11-16-14-6-3-4-12(10-14)7-8-13-5-1-2-9-15-13/h1-6,9-11H,7-8H2,(H,16,17). The molecule has 0 aliphatic heterocycles. The van der Waals surface area contributed by atoms with Gasteiger partial charge in [-0.15, -0.1) is 0 Å². The van der Waals surface area contributed by atoms with Crippen LogP contribution in [0.25, 0.3) is 0 Å². The number of rotatable bonds is 5. The lowest BCUT2D eigenvalue weighted by molar-refractivity contribution is -0.105. The van der Waals surface area contributed by atoms with E-state index in [2.05, 4.69) is 16.4 Å². The molecule has 0 radical (unpaired) electrons. The summed E-state index contributed by atoms with van der Waals surface area (Å²) in [6.45, 7) is 0. The third-order valence-electron chi connectivity index (χ3n) is 2.55. The Labute approximate surface area is 101 Å². The van der Waals surface area contributed by atoms with Crippen LogP contribution in [0.5, 0.6) is 0 Å². The van der Waals surface area contributed by atoms with Crippen molar-refractivity contribution in [2.45, 2.75) is 12.8 Å². The van der Waals surface area contributed by atoms with Crippen molar-refractivity contribution in [3.05, 3.63) is 59.9 Å². The van der Waals surface area contributed by atoms with Gasteiger partial charge in [0.25, 0.3) is 0 Å². The minimum atomic E-state index is 0.692. The summed E-state index contributed by atoms with van der Waals surface area (Å²) >= 11 is 0. The molecule has 17 heavy (non-hydrogen) atoms. The summed E-state index contributed by atoms with van der Waals surface area (Å²) < 4.78 is 0. The van der Waals surface area contributed by atoms with E-state index in [1.807, 2.05) is 36.4 Å². The predicted octanol–water partition coefficient (Wildman–Crippen LogP) is 2.44. The summed E-state index contributed by atoms with van der Waals surface area (Å²) in [5.41, 5.74) is 3.11. The van der Waals surface area contributed by atoms with Gasteiger partial charge < -0.3 is 5.32 Å². The van der Waals surface area contributed by atoms with Crippen molar-refractivity contribution in [3.8, 4) is 0 Å². The third-order valence-corrected chi connectivity index (χ3v) is 2.55. The first-order valence-electron chi connectivity index (χ1n) is 5.57. The van der Waals surface area contributed by atoms with Crippen LogP contribution in [-0.4, -0.2) is 11.4 Å². The van der Waals surface area contributed by atoms with Crippen molar-refractivity contribution >= 4 is 12.1 Å². The van der Waals surface area contributed by atoms with E-state index in [1.54, 1.807) is 6.20 Å². The van der Waals surface area contributed by atoms with Gasteiger partial charge in [-0.2, -0.15) is 0 Å². The van der Waals surface area contributed by atoms with Crippen molar-refractivity contribution in [2.75, 3.05) is 5.32 Å². The molecule has 86 valence electrons. The van der Waals surface area contributed by atoms with Crippen LogP contribution in [-0.2, 0) is 17.6 Å². The second-order valence-electron chi connectivity index (χ2n) is 3.78. The Balaban J connectivity index is 1.99. The molecule has 0 spiro atoms. The van der Waals surface area contributed by atoms with Crippen LogP contribution in [0.4, 0.5) is 5.69 Å². The number of hydrogen-bond acceptors (Lipinski definition) is 2. The number of carbonyl (C=O) groups excluding carboxylic acids is 1. The van der Waals surface area contributed by atoms with E-state index < -0.39 is 0 Å². The van der Waals surface area contributed by atoms with Gasteiger partial charge in [-0.25, -0.2) is 0 Å². The van der Waals surface area contributed by atoms with Crippen LogP contribution < -0.4 is 5.32 Å². The molecule has 0 unspecified atom stereocenters. The largest absolute Gasteiger partial charge is 0.329 e. The molecule has 0 bridgehead atoms. The monoisotopic (exact) mass is 226 g/mol. The molecule has 0 saturated heterocycles. The lowest BCUT2D eigenvalue weighted by Gasteiger charge is -2.04. The molecule has 1 N–H and O–H groups in total. The van der Waals surface area contributed by atoms with Crippen molar-refractivity contribution in [2.24, 2.45) is 0 Å². The number of nitrogens with one attached hydrogen (secondary N) is 1. The fourth-order valence-electron chi connectivity index (χ4n) is 1.70. The molecule has 1 amide bonds. The van der Waals surface area contributed by atoms with Gasteiger partial charge in [0.15, 0.2) is 0 Å². The number of anilines is 1. The highest BCUT2D eigenvalue weighted by Crippen LogP contribution is 2.11. The predicted molar refractivity (Wildman–Crippen MR) is 67.8 cm³/mol. The molecular formula is C14H14N2O. The molecule has 0 fully saturated rings. The highest BCUT2D eigenvalue weighted by atomic mass is 16.1. The van der Waals surface area contributed by atoms with Crippen LogP contribution in [0.15, 0.2) is 48.7 Å². The SMILES string of the molecule is O=CNc1cccc(CCc2ccccn2)c1. The van der Waals surface area contributed by atoms with Crippen LogP contribution in [0.2, 0.25) is 0 Å². The lowest BCUT2D eigenvalue weighted by atomic mass is 10.1. The third kappa shape index (κ3) is 3.41. The molecule has 3 nitrogen and oxygen atoms in total. The maximum absolute atomic E-state index is 10.3. The quantitative estimate of drug-likeness (QED) is 0.796. The molecule has 2 rings (SSSR count). The Hall–Kier alpha value is -2.16. The summed E-state index contributed by atoms with van der Waals surface area (Å²) in [6.07, 6.45) is 4.33. The Kier molecular flexibility index (Phi) is 3.86. The minimum Gasteiger partial charge on any atom is -0.329 e. The topological polar surface area (TPSA) is 42.0 Å². The van der Waals surface area contributed by atoms with E-state index in [-0.39, 0.29) is 0 Å². The van der Waals surface area contributed by atoms with E-state index in [1.165, 1.54) is 5.56 Å². The van der Waals surface area contributed by atoms with Gasteiger partial charge in [-0.3, -0.25) is 9.78 Å². The summed E-state index contributed by atoms with van der Waals surface area (Å²) in [7, 11) is 0. The minimum absolute atomic E-state index is 0.692. The summed E-state index contributed by atoms with van der Waals surface area (Å²) in [6, 6.07) is 13.8. The van der Waals surface area contributed by atoms with Gasteiger partial charge in [0, 0.05) is 17.6 Å². The smallest absolute Gasteiger partial charge is 0.211 e. The Morgan fingerprint density at radius 1 is 1.12 bits per heavy atom. The first kappa shape index (κ1) is 11.3.